The second kappa shape index (κ2) is 6.13. The van der Waals surface area contributed by atoms with Gasteiger partial charge in [0.1, 0.15) is 0 Å². The van der Waals surface area contributed by atoms with Crippen molar-refractivity contribution in [2.24, 2.45) is 11.7 Å². The maximum atomic E-state index is 12.2. The van der Waals surface area contributed by atoms with Crippen LogP contribution in [0.25, 0.3) is 0 Å². The van der Waals surface area contributed by atoms with Gasteiger partial charge in [-0.2, -0.15) is 0 Å². The van der Waals surface area contributed by atoms with Crippen LogP contribution in [0.2, 0.25) is 5.02 Å². The van der Waals surface area contributed by atoms with Crippen LogP contribution in [0, 0.1) is 5.92 Å². The highest BCUT2D eigenvalue weighted by atomic mass is 35.5. The monoisotopic (exact) mass is 329 g/mol. The number of halogens is 1. The first kappa shape index (κ1) is 15.9. The molecule has 2 N–H and O–H groups in total. The van der Waals surface area contributed by atoms with E-state index < -0.39 is 21.1 Å². The first-order chi connectivity index (χ1) is 9.79. The maximum Gasteiger partial charge on any atom is 0.335 e. The molecule has 0 bridgehead atoms. The van der Waals surface area contributed by atoms with E-state index in [2.05, 4.69) is 10.2 Å². The summed E-state index contributed by atoms with van der Waals surface area (Å²) < 4.78 is 29.7. The summed E-state index contributed by atoms with van der Waals surface area (Å²) in [7, 11) is -3.70. The Morgan fingerprint density at radius 2 is 1.86 bits per heavy atom. The lowest BCUT2D eigenvalue weighted by Crippen LogP contribution is -2.17. The number of hydrogen-bond donors (Lipinski definition) is 1. The summed E-state index contributed by atoms with van der Waals surface area (Å²) in [5.74, 6) is -0.0418. The number of hydrogen-bond acceptors (Lipinski definition) is 6. The third-order valence-electron chi connectivity index (χ3n) is 2.96. The summed E-state index contributed by atoms with van der Waals surface area (Å²) in [6.45, 7) is 3.77. The van der Waals surface area contributed by atoms with Gasteiger partial charge in [-0.1, -0.05) is 42.7 Å². The fourth-order valence-corrected chi connectivity index (χ4v) is 2.89. The van der Waals surface area contributed by atoms with E-state index in [0.717, 1.165) is 0 Å². The minimum absolute atomic E-state index is 0.0669. The second-order valence-electron chi connectivity index (χ2n) is 5.06. The molecule has 1 atom stereocenters. The number of rotatable bonds is 5. The predicted octanol–water partition coefficient (Wildman–Crippen LogP) is 2.35. The van der Waals surface area contributed by atoms with Crippen LogP contribution in [0.3, 0.4) is 0 Å². The highest BCUT2D eigenvalue weighted by Gasteiger charge is 2.25. The molecule has 0 aliphatic rings. The lowest BCUT2D eigenvalue weighted by molar-refractivity contribution is 0.341. The summed E-state index contributed by atoms with van der Waals surface area (Å²) in [4.78, 5) is 0. The maximum absolute atomic E-state index is 12.2. The van der Waals surface area contributed by atoms with Crippen molar-refractivity contribution < 1.29 is 12.8 Å². The molecule has 2 aromatic rings. The van der Waals surface area contributed by atoms with Gasteiger partial charge in [-0.05, 0) is 23.6 Å². The zero-order valence-corrected chi connectivity index (χ0v) is 13.2. The fraction of sp³-hybridized carbons (Fsp3) is 0.385. The van der Waals surface area contributed by atoms with Crippen LogP contribution in [0.15, 0.2) is 33.9 Å². The van der Waals surface area contributed by atoms with E-state index in [1.165, 1.54) is 0 Å². The van der Waals surface area contributed by atoms with Gasteiger partial charge < -0.3 is 10.2 Å². The number of benzene rings is 1. The van der Waals surface area contributed by atoms with Crippen LogP contribution in [0.1, 0.15) is 31.3 Å². The van der Waals surface area contributed by atoms with Crippen LogP contribution in [-0.2, 0) is 15.6 Å². The van der Waals surface area contributed by atoms with Crippen LogP contribution >= 0.6 is 11.6 Å². The molecule has 1 aromatic carbocycles. The van der Waals surface area contributed by atoms with Gasteiger partial charge in [-0.3, -0.25) is 0 Å². The first-order valence-electron chi connectivity index (χ1n) is 6.36. The summed E-state index contributed by atoms with van der Waals surface area (Å²) >= 11 is 5.76. The number of nitrogens with zero attached hydrogens (tertiary/aromatic N) is 2. The summed E-state index contributed by atoms with van der Waals surface area (Å²) in [6, 6.07) is 6.03. The molecule has 2 rings (SSSR count). The zero-order chi connectivity index (χ0) is 15.6. The highest BCUT2D eigenvalue weighted by molar-refractivity contribution is 7.90. The molecule has 0 amide bonds. The molecule has 21 heavy (non-hydrogen) atoms. The van der Waals surface area contributed by atoms with Gasteiger partial charge >= 0.3 is 5.22 Å². The molecule has 0 radical (unpaired) electrons. The van der Waals surface area contributed by atoms with E-state index in [-0.39, 0.29) is 17.6 Å². The average molecular weight is 330 g/mol. The van der Waals surface area contributed by atoms with E-state index in [1.807, 2.05) is 13.8 Å². The molecule has 1 heterocycles. The smallest absolute Gasteiger partial charge is 0.335 e. The van der Waals surface area contributed by atoms with Crippen molar-refractivity contribution in [3.63, 3.8) is 0 Å². The Morgan fingerprint density at radius 3 is 2.43 bits per heavy atom. The second-order valence-corrected chi connectivity index (χ2v) is 7.37. The molecular formula is C13H16ClN3O3S. The average Bonchev–Trinajstić information content (AvgIpc) is 2.90. The molecule has 114 valence electrons. The molecular weight excluding hydrogens is 314 g/mol. The molecule has 1 aromatic heterocycles. The van der Waals surface area contributed by atoms with E-state index in [9.17, 15) is 8.42 Å². The van der Waals surface area contributed by atoms with Gasteiger partial charge in [-0.15, -0.1) is 5.10 Å². The molecule has 8 heteroatoms. The molecule has 0 saturated heterocycles. The van der Waals surface area contributed by atoms with Crippen molar-refractivity contribution in [1.29, 1.82) is 0 Å². The molecule has 0 aliphatic carbocycles. The fourth-order valence-electron chi connectivity index (χ4n) is 1.63. The molecule has 0 saturated carbocycles. The van der Waals surface area contributed by atoms with Gasteiger partial charge in [0.2, 0.25) is 15.7 Å². The van der Waals surface area contributed by atoms with Crippen molar-refractivity contribution in [3.05, 3.63) is 40.7 Å². The summed E-state index contributed by atoms with van der Waals surface area (Å²) in [6.07, 6.45) is 0. The standard InChI is InChI=1S/C13H16ClN3O3S/c1-8(2)11(15)12-16-17-13(20-12)21(18,19)7-9-3-5-10(14)6-4-9/h3-6,8,11H,7,15H2,1-2H3. The van der Waals surface area contributed by atoms with Gasteiger partial charge in [0.05, 0.1) is 11.8 Å². The van der Waals surface area contributed by atoms with Crippen molar-refractivity contribution in [2.75, 3.05) is 0 Å². The van der Waals surface area contributed by atoms with Crippen molar-refractivity contribution in [2.45, 2.75) is 30.9 Å². The summed E-state index contributed by atoms with van der Waals surface area (Å²) in [5.41, 5.74) is 6.45. The third-order valence-corrected chi connectivity index (χ3v) is 4.62. The third kappa shape index (κ3) is 3.81. The molecule has 1 unspecified atom stereocenters. The van der Waals surface area contributed by atoms with Crippen LogP contribution in [0.5, 0.6) is 0 Å². The van der Waals surface area contributed by atoms with Crippen LogP contribution < -0.4 is 5.73 Å². The summed E-state index contributed by atoms with van der Waals surface area (Å²) in [5, 5.41) is 7.44. The van der Waals surface area contributed by atoms with Crippen LogP contribution in [0.4, 0.5) is 0 Å². The lowest BCUT2D eigenvalue weighted by Gasteiger charge is -2.09. The molecule has 6 nitrogen and oxygen atoms in total. The minimum atomic E-state index is -3.70. The Balaban J connectivity index is 2.22. The van der Waals surface area contributed by atoms with Gasteiger partial charge in [0.15, 0.2) is 0 Å². The topological polar surface area (TPSA) is 99.1 Å². The normalized spacial score (nSPS) is 13.6. The molecule has 0 spiro atoms. The number of sulfone groups is 1. The van der Waals surface area contributed by atoms with Crippen molar-refractivity contribution in [1.82, 2.24) is 10.2 Å². The Hall–Kier alpha value is -1.44. The Labute approximate surface area is 128 Å². The lowest BCUT2D eigenvalue weighted by atomic mass is 10.1. The molecule has 0 aliphatic heterocycles. The number of aromatic nitrogens is 2. The highest BCUT2D eigenvalue weighted by Crippen LogP contribution is 2.21. The Bertz CT molecular complexity index is 711. The first-order valence-corrected chi connectivity index (χ1v) is 8.39. The Kier molecular flexibility index (Phi) is 4.65. The largest absolute Gasteiger partial charge is 0.411 e. The van der Waals surface area contributed by atoms with E-state index in [1.54, 1.807) is 24.3 Å². The van der Waals surface area contributed by atoms with Crippen molar-refractivity contribution in [3.8, 4) is 0 Å². The van der Waals surface area contributed by atoms with Gasteiger partial charge in [-0.25, -0.2) is 8.42 Å². The minimum Gasteiger partial charge on any atom is -0.411 e. The van der Waals surface area contributed by atoms with Gasteiger partial charge in [0, 0.05) is 5.02 Å². The van der Waals surface area contributed by atoms with Crippen LogP contribution in [-0.4, -0.2) is 18.6 Å². The van der Waals surface area contributed by atoms with E-state index in [0.29, 0.717) is 10.6 Å². The van der Waals surface area contributed by atoms with E-state index >= 15 is 0 Å². The Morgan fingerprint density at radius 1 is 1.24 bits per heavy atom. The zero-order valence-electron chi connectivity index (χ0n) is 11.7. The van der Waals surface area contributed by atoms with E-state index in [4.69, 9.17) is 21.8 Å². The quantitative estimate of drug-likeness (QED) is 0.903. The predicted molar refractivity (Wildman–Crippen MR) is 78.4 cm³/mol. The molecule has 0 fully saturated rings. The van der Waals surface area contributed by atoms with Crippen molar-refractivity contribution >= 4 is 21.4 Å². The number of nitrogens with two attached hydrogens (primary N) is 1. The SMILES string of the molecule is CC(C)C(N)c1nnc(S(=O)(=O)Cc2ccc(Cl)cc2)o1. The van der Waals surface area contributed by atoms with Gasteiger partial charge in [0.25, 0.3) is 0 Å².